The van der Waals surface area contributed by atoms with Crippen molar-refractivity contribution in [2.45, 2.75) is 39.8 Å². The van der Waals surface area contributed by atoms with Crippen LogP contribution in [0.3, 0.4) is 0 Å². The fourth-order valence-electron chi connectivity index (χ4n) is 2.92. The van der Waals surface area contributed by atoms with Crippen LogP contribution in [0.15, 0.2) is 48.8 Å². The molecule has 3 aromatic rings. The van der Waals surface area contributed by atoms with Gasteiger partial charge in [0.05, 0.1) is 17.4 Å². The van der Waals surface area contributed by atoms with Crippen LogP contribution >= 0.6 is 0 Å². The van der Waals surface area contributed by atoms with Crippen LogP contribution in [0, 0.1) is 13.8 Å². The van der Waals surface area contributed by atoms with Crippen LogP contribution in [0.2, 0.25) is 0 Å². The largest absolute Gasteiger partial charge is 0.348 e. The number of nitrogens with one attached hydrogen (secondary N) is 1. The maximum atomic E-state index is 12.6. The number of amides is 1. The van der Waals surface area contributed by atoms with Gasteiger partial charge in [-0.15, -0.1) is 0 Å². The van der Waals surface area contributed by atoms with Crippen molar-refractivity contribution >= 4 is 5.91 Å². The number of hydrogen-bond donors (Lipinski definition) is 1. The normalized spacial score (nSPS) is 13.4. The highest BCUT2D eigenvalue weighted by Crippen LogP contribution is 2.18. The van der Waals surface area contributed by atoms with E-state index in [0.29, 0.717) is 0 Å². The summed E-state index contributed by atoms with van der Waals surface area (Å²) in [6.45, 7) is 7.73. The molecule has 0 fully saturated rings. The van der Waals surface area contributed by atoms with Crippen molar-refractivity contribution < 1.29 is 4.79 Å². The Bertz CT molecular complexity index is 866. The van der Waals surface area contributed by atoms with Gasteiger partial charge in [-0.25, -0.2) is 4.68 Å². The lowest BCUT2D eigenvalue weighted by Crippen LogP contribution is -2.33. The predicted molar refractivity (Wildman–Crippen MR) is 96.5 cm³/mol. The maximum Gasteiger partial charge on any atom is 0.245 e. The highest BCUT2D eigenvalue weighted by Gasteiger charge is 2.20. The standard InChI is InChI=1S/C19H23N5O/c1-13-11-14(2)24(22-13)16(4)19(25)21-15(3)17-7-5-8-18(12-17)23-10-6-9-20-23/h5-12,15-16H,1-4H3,(H,21,25)/t15-,16-/m0/s1. The SMILES string of the molecule is Cc1cc(C)n([C@@H](C)C(=O)N[C@@H](C)c2cccc(-n3cccn3)c2)n1. The Kier molecular flexibility index (Phi) is 4.70. The quantitative estimate of drug-likeness (QED) is 0.778. The molecule has 6 heteroatoms. The van der Waals surface area contributed by atoms with Gasteiger partial charge in [-0.1, -0.05) is 12.1 Å². The summed E-state index contributed by atoms with van der Waals surface area (Å²) < 4.78 is 3.56. The van der Waals surface area contributed by atoms with Crippen LogP contribution in [-0.4, -0.2) is 25.5 Å². The van der Waals surface area contributed by atoms with Crippen molar-refractivity contribution in [1.29, 1.82) is 0 Å². The highest BCUT2D eigenvalue weighted by molar-refractivity contribution is 5.80. The number of nitrogens with zero attached hydrogens (tertiary/aromatic N) is 4. The molecule has 0 bridgehead atoms. The van der Waals surface area contributed by atoms with Crippen LogP contribution in [0.4, 0.5) is 0 Å². The fourth-order valence-corrected chi connectivity index (χ4v) is 2.92. The summed E-state index contributed by atoms with van der Waals surface area (Å²) in [4.78, 5) is 12.6. The summed E-state index contributed by atoms with van der Waals surface area (Å²) in [5.41, 5.74) is 3.89. The van der Waals surface area contributed by atoms with E-state index in [9.17, 15) is 4.79 Å². The maximum absolute atomic E-state index is 12.6. The summed E-state index contributed by atoms with van der Waals surface area (Å²) in [5, 5.41) is 11.7. The van der Waals surface area contributed by atoms with E-state index >= 15 is 0 Å². The molecule has 6 nitrogen and oxygen atoms in total. The summed E-state index contributed by atoms with van der Waals surface area (Å²) in [5.74, 6) is -0.0526. The predicted octanol–water partition coefficient (Wildman–Crippen LogP) is 3.12. The Balaban J connectivity index is 1.73. The minimum Gasteiger partial charge on any atom is -0.348 e. The van der Waals surface area contributed by atoms with Crippen LogP contribution in [0.25, 0.3) is 5.69 Å². The van der Waals surface area contributed by atoms with Crippen molar-refractivity contribution in [3.8, 4) is 5.69 Å². The molecule has 1 amide bonds. The van der Waals surface area contributed by atoms with Crippen molar-refractivity contribution in [2.24, 2.45) is 0 Å². The first-order valence-electron chi connectivity index (χ1n) is 8.39. The first-order valence-corrected chi connectivity index (χ1v) is 8.39. The first kappa shape index (κ1) is 17.0. The van der Waals surface area contributed by atoms with Crippen molar-refractivity contribution in [2.75, 3.05) is 0 Å². The third kappa shape index (κ3) is 3.63. The molecule has 0 radical (unpaired) electrons. The monoisotopic (exact) mass is 337 g/mol. The summed E-state index contributed by atoms with van der Waals surface area (Å²) in [6, 6.07) is 11.4. The number of benzene rings is 1. The van der Waals surface area contributed by atoms with E-state index in [1.165, 1.54) is 0 Å². The van der Waals surface area contributed by atoms with Gasteiger partial charge in [-0.3, -0.25) is 9.48 Å². The van der Waals surface area contributed by atoms with E-state index in [4.69, 9.17) is 0 Å². The average molecular weight is 337 g/mol. The zero-order valence-electron chi connectivity index (χ0n) is 15.0. The minimum absolute atomic E-state index is 0.0526. The molecule has 0 saturated heterocycles. The molecule has 0 aliphatic carbocycles. The molecule has 2 heterocycles. The van der Waals surface area contributed by atoms with E-state index in [1.807, 2.05) is 70.3 Å². The molecule has 2 aromatic heterocycles. The molecule has 0 aliphatic rings. The van der Waals surface area contributed by atoms with Gasteiger partial charge in [0.15, 0.2) is 0 Å². The Morgan fingerprint density at radius 3 is 2.60 bits per heavy atom. The third-order valence-corrected chi connectivity index (χ3v) is 4.29. The second-order valence-corrected chi connectivity index (χ2v) is 6.32. The van der Waals surface area contributed by atoms with Crippen molar-refractivity contribution in [1.82, 2.24) is 24.9 Å². The molecule has 0 spiro atoms. The Hall–Kier alpha value is -2.89. The Morgan fingerprint density at radius 1 is 1.16 bits per heavy atom. The zero-order chi connectivity index (χ0) is 18.0. The lowest BCUT2D eigenvalue weighted by atomic mass is 10.1. The van der Waals surface area contributed by atoms with E-state index in [0.717, 1.165) is 22.6 Å². The van der Waals surface area contributed by atoms with Crippen LogP contribution in [0.1, 0.15) is 42.9 Å². The van der Waals surface area contributed by atoms with Gasteiger partial charge in [-0.05, 0) is 57.5 Å². The molecule has 3 rings (SSSR count). The topological polar surface area (TPSA) is 64.7 Å². The van der Waals surface area contributed by atoms with E-state index in [1.54, 1.807) is 15.6 Å². The van der Waals surface area contributed by atoms with Gasteiger partial charge in [0.2, 0.25) is 5.91 Å². The lowest BCUT2D eigenvalue weighted by Gasteiger charge is -2.19. The fraction of sp³-hybridized carbons (Fsp3) is 0.316. The first-order chi connectivity index (χ1) is 12.0. The molecular formula is C19H23N5O. The van der Waals surface area contributed by atoms with Gasteiger partial charge >= 0.3 is 0 Å². The average Bonchev–Trinajstić information content (AvgIpc) is 3.24. The number of rotatable bonds is 5. The molecule has 130 valence electrons. The number of aryl methyl sites for hydroxylation is 2. The molecule has 2 atom stereocenters. The molecular weight excluding hydrogens is 314 g/mol. The van der Waals surface area contributed by atoms with Crippen molar-refractivity contribution in [3.63, 3.8) is 0 Å². The number of carbonyl (C=O) groups excluding carboxylic acids is 1. The van der Waals surface area contributed by atoms with E-state index in [-0.39, 0.29) is 18.0 Å². The van der Waals surface area contributed by atoms with Crippen LogP contribution in [-0.2, 0) is 4.79 Å². The van der Waals surface area contributed by atoms with Gasteiger partial charge in [0.1, 0.15) is 6.04 Å². The number of carbonyl (C=O) groups is 1. The van der Waals surface area contributed by atoms with Crippen LogP contribution in [0.5, 0.6) is 0 Å². The zero-order valence-corrected chi connectivity index (χ0v) is 15.0. The second-order valence-electron chi connectivity index (χ2n) is 6.32. The van der Waals surface area contributed by atoms with Gasteiger partial charge in [-0.2, -0.15) is 10.2 Å². The number of hydrogen-bond acceptors (Lipinski definition) is 3. The molecule has 25 heavy (non-hydrogen) atoms. The van der Waals surface area contributed by atoms with Gasteiger partial charge < -0.3 is 5.32 Å². The minimum atomic E-state index is -0.356. The second kappa shape index (κ2) is 6.93. The van der Waals surface area contributed by atoms with Crippen LogP contribution < -0.4 is 5.32 Å². The third-order valence-electron chi connectivity index (χ3n) is 4.29. The lowest BCUT2D eigenvalue weighted by molar-refractivity contribution is -0.124. The number of aromatic nitrogens is 4. The summed E-state index contributed by atoms with van der Waals surface area (Å²) in [6.07, 6.45) is 3.64. The van der Waals surface area contributed by atoms with Gasteiger partial charge in [0, 0.05) is 18.1 Å². The van der Waals surface area contributed by atoms with Crippen molar-refractivity contribution in [3.05, 3.63) is 65.7 Å². The van der Waals surface area contributed by atoms with Gasteiger partial charge in [0.25, 0.3) is 0 Å². The van der Waals surface area contributed by atoms with E-state index < -0.39 is 0 Å². The molecule has 1 N–H and O–H groups in total. The summed E-state index contributed by atoms with van der Waals surface area (Å²) >= 11 is 0. The highest BCUT2D eigenvalue weighted by atomic mass is 16.2. The molecule has 0 unspecified atom stereocenters. The molecule has 0 aliphatic heterocycles. The Labute approximate surface area is 147 Å². The van der Waals surface area contributed by atoms with E-state index in [2.05, 4.69) is 15.5 Å². The Morgan fingerprint density at radius 2 is 1.96 bits per heavy atom. The smallest absolute Gasteiger partial charge is 0.245 e. The molecule has 0 saturated carbocycles. The summed E-state index contributed by atoms with van der Waals surface area (Å²) in [7, 11) is 0. The molecule has 1 aromatic carbocycles.